The second kappa shape index (κ2) is 12.4. The lowest BCUT2D eigenvalue weighted by Gasteiger charge is -2.30. The number of aliphatic imine (C=N–C) groups is 1. The molecule has 11 heteroatoms. The highest BCUT2D eigenvalue weighted by Crippen LogP contribution is 2.27. The monoisotopic (exact) mass is 514 g/mol. The number of methoxy groups -OCH3 is 1. The van der Waals surface area contributed by atoms with E-state index in [2.05, 4.69) is 27.5 Å². The predicted molar refractivity (Wildman–Crippen MR) is 139 cm³/mol. The Bertz CT molecular complexity index is 1140. The highest BCUT2D eigenvalue weighted by atomic mass is 35.5. The number of benzene rings is 1. The van der Waals surface area contributed by atoms with Gasteiger partial charge in [-0.1, -0.05) is 30.9 Å². The molecule has 1 heterocycles. The molecule has 1 fully saturated rings. The van der Waals surface area contributed by atoms with Gasteiger partial charge >= 0.3 is 0 Å². The quantitative estimate of drug-likeness (QED) is 0.264. The molecule has 0 radical (unpaired) electrons. The number of nitrogens with zero attached hydrogens (tertiary/aromatic N) is 1. The maximum absolute atomic E-state index is 12.9. The normalized spacial score (nSPS) is 19.3. The van der Waals surface area contributed by atoms with Crippen molar-refractivity contribution in [2.24, 2.45) is 22.4 Å². The van der Waals surface area contributed by atoms with Crippen LogP contribution in [0.3, 0.4) is 0 Å². The summed E-state index contributed by atoms with van der Waals surface area (Å²) in [6.45, 7) is 3.91. The highest BCUT2D eigenvalue weighted by molar-refractivity contribution is 6.35. The number of ether oxygens (including phenoxy) is 1. The van der Waals surface area contributed by atoms with Gasteiger partial charge in [0.05, 0.1) is 17.8 Å². The van der Waals surface area contributed by atoms with Gasteiger partial charge in [-0.05, 0) is 49.6 Å². The molecule has 1 unspecified atom stereocenters. The van der Waals surface area contributed by atoms with Crippen LogP contribution in [0.1, 0.15) is 42.5 Å². The fraction of sp³-hybridized carbons (Fsp3) is 0.360. The Kier molecular flexibility index (Phi) is 9.26. The van der Waals surface area contributed by atoms with Gasteiger partial charge in [-0.3, -0.25) is 14.4 Å². The summed E-state index contributed by atoms with van der Waals surface area (Å²) in [4.78, 5) is 42.4. The molecule has 1 aromatic carbocycles. The van der Waals surface area contributed by atoms with Crippen molar-refractivity contribution < 1.29 is 19.1 Å². The molecule has 7 N–H and O–H groups in total. The zero-order chi connectivity index (χ0) is 26.2. The number of anilines is 1. The minimum Gasteiger partial charge on any atom is -0.481 e. The number of nitrogens with two attached hydrogens (primary N) is 2. The lowest BCUT2D eigenvalue weighted by atomic mass is 9.84. The molecule has 36 heavy (non-hydrogen) atoms. The fourth-order valence-electron chi connectivity index (χ4n) is 4.20. The van der Waals surface area contributed by atoms with Crippen LogP contribution in [0.25, 0.3) is 0 Å². The summed E-state index contributed by atoms with van der Waals surface area (Å²) < 4.78 is 4.89. The van der Waals surface area contributed by atoms with E-state index in [1.54, 1.807) is 6.07 Å². The largest absolute Gasteiger partial charge is 0.481 e. The van der Waals surface area contributed by atoms with Gasteiger partial charge in [-0.15, -0.1) is 0 Å². The van der Waals surface area contributed by atoms with Crippen molar-refractivity contribution in [3.63, 3.8) is 0 Å². The zero-order valence-electron chi connectivity index (χ0n) is 20.1. The molecule has 1 saturated carbocycles. The van der Waals surface area contributed by atoms with Crippen LogP contribution >= 0.6 is 11.6 Å². The van der Waals surface area contributed by atoms with E-state index in [1.807, 2.05) is 0 Å². The second-order valence-electron chi connectivity index (χ2n) is 8.55. The first-order valence-electron chi connectivity index (χ1n) is 11.7. The van der Waals surface area contributed by atoms with Gasteiger partial charge in [0.25, 0.3) is 17.7 Å². The van der Waals surface area contributed by atoms with E-state index in [0.717, 1.165) is 25.7 Å². The number of amidine groups is 1. The number of carbonyl (C=O) groups is 3. The number of amides is 3. The molecule has 10 nitrogen and oxygen atoms in total. The molecule has 1 aliphatic heterocycles. The smallest absolute Gasteiger partial charge is 0.262 e. The van der Waals surface area contributed by atoms with Crippen LogP contribution in [0.4, 0.5) is 5.69 Å². The van der Waals surface area contributed by atoms with E-state index in [9.17, 15) is 14.4 Å². The summed E-state index contributed by atoms with van der Waals surface area (Å²) in [5, 5.41) is 8.30. The van der Waals surface area contributed by atoms with Crippen molar-refractivity contribution in [1.82, 2.24) is 10.6 Å². The van der Waals surface area contributed by atoms with Crippen molar-refractivity contribution in [3.05, 3.63) is 64.7 Å². The van der Waals surface area contributed by atoms with E-state index >= 15 is 0 Å². The first-order chi connectivity index (χ1) is 17.3. The first kappa shape index (κ1) is 27.0. The lowest BCUT2D eigenvalue weighted by Crippen LogP contribution is -2.45. The maximum atomic E-state index is 12.9. The van der Waals surface area contributed by atoms with Gasteiger partial charge < -0.3 is 32.2 Å². The molecule has 3 amide bonds. The second-order valence-corrected chi connectivity index (χ2v) is 8.96. The zero-order valence-corrected chi connectivity index (χ0v) is 20.9. The number of nitrogens with one attached hydrogen (secondary N) is 3. The van der Waals surface area contributed by atoms with Crippen LogP contribution in [0.15, 0.2) is 59.1 Å². The molecule has 192 valence electrons. The van der Waals surface area contributed by atoms with Gasteiger partial charge in [0.1, 0.15) is 11.4 Å². The van der Waals surface area contributed by atoms with E-state index in [1.165, 1.54) is 37.9 Å². The Morgan fingerprint density at radius 3 is 2.67 bits per heavy atom. The van der Waals surface area contributed by atoms with Crippen LogP contribution in [-0.2, 0) is 14.3 Å². The molecule has 0 spiro atoms. The van der Waals surface area contributed by atoms with E-state index < -0.39 is 11.8 Å². The number of hydrogen-bond acceptors (Lipinski definition) is 7. The van der Waals surface area contributed by atoms with Crippen LogP contribution in [-0.4, -0.2) is 43.3 Å². The summed E-state index contributed by atoms with van der Waals surface area (Å²) in [7, 11) is 1.38. The van der Waals surface area contributed by atoms with Gasteiger partial charge in [0, 0.05) is 29.9 Å². The number of hydrogen-bond donors (Lipinski definition) is 5. The third-order valence-electron chi connectivity index (χ3n) is 6.21. The SMILES string of the molecule is C=C(/N=C1/NC(=O)C(C(=O)Nc2cc(C(=O)NC(CN)C3CCCCC3)ccc2Cl)=C/C1=C/N)OC. The summed E-state index contributed by atoms with van der Waals surface area (Å²) >= 11 is 6.27. The Hall–Kier alpha value is -3.63. The Morgan fingerprint density at radius 1 is 1.31 bits per heavy atom. The Balaban J connectivity index is 1.76. The number of rotatable bonds is 8. The summed E-state index contributed by atoms with van der Waals surface area (Å²) in [5.41, 5.74) is 12.1. The topological polar surface area (TPSA) is 161 Å². The summed E-state index contributed by atoms with van der Waals surface area (Å²) in [6.07, 6.45) is 8.01. The average molecular weight is 515 g/mol. The van der Waals surface area contributed by atoms with Gasteiger partial charge in [-0.2, -0.15) is 4.99 Å². The van der Waals surface area contributed by atoms with Crippen molar-refractivity contribution in [3.8, 4) is 0 Å². The van der Waals surface area contributed by atoms with Crippen molar-refractivity contribution in [2.75, 3.05) is 19.0 Å². The van der Waals surface area contributed by atoms with E-state index in [4.69, 9.17) is 27.8 Å². The van der Waals surface area contributed by atoms with Gasteiger partial charge in [0.15, 0.2) is 0 Å². The summed E-state index contributed by atoms with van der Waals surface area (Å²) in [5.74, 6) is -1.27. The third-order valence-corrected chi connectivity index (χ3v) is 6.54. The molecule has 3 rings (SSSR count). The molecule has 0 aromatic heterocycles. The van der Waals surface area contributed by atoms with Crippen LogP contribution < -0.4 is 27.4 Å². The van der Waals surface area contributed by atoms with Crippen LogP contribution in [0.5, 0.6) is 0 Å². The molecule has 1 aliphatic carbocycles. The van der Waals surface area contributed by atoms with Crippen molar-refractivity contribution in [2.45, 2.75) is 38.1 Å². The molecule has 1 aromatic rings. The fourth-order valence-corrected chi connectivity index (χ4v) is 4.37. The van der Waals surface area contributed by atoms with Crippen LogP contribution in [0, 0.1) is 5.92 Å². The van der Waals surface area contributed by atoms with Crippen molar-refractivity contribution in [1.29, 1.82) is 0 Å². The molecular weight excluding hydrogens is 484 g/mol. The lowest BCUT2D eigenvalue weighted by molar-refractivity contribution is -0.120. The molecule has 2 aliphatic rings. The summed E-state index contributed by atoms with van der Waals surface area (Å²) in [6, 6.07) is 4.40. The van der Waals surface area contributed by atoms with Crippen molar-refractivity contribution >= 4 is 40.8 Å². The van der Waals surface area contributed by atoms with Gasteiger partial charge in [-0.25, -0.2) is 0 Å². The van der Waals surface area contributed by atoms with Gasteiger partial charge in [0.2, 0.25) is 5.88 Å². The molecular formula is C25H31ClN6O4. The number of carbonyl (C=O) groups excluding carboxylic acids is 3. The third kappa shape index (κ3) is 6.52. The highest BCUT2D eigenvalue weighted by Gasteiger charge is 2.28. The predicted octanol–water partition coefficient (Wildman–Crippen LogP) is 2.33. The molecule has 0 bridgehead atoms. The Labute approximate surface area is 214 Å². The van der Waals surface area contributed by atoms with E-state index in [0.29, 0.717) is 18.0 Å². The minimum atomic E-state index is -0.738. The number of halogens is 1. The van der Waals surface area contributed by atoms with Crippen LogP contribution in [0.2, 0.25) is 5.02 Å². The molecule has 1 atom stereocenters. The standard InChI is InChI=1S/C25H31ClN6O4/c1-14(36-2)29-22-17(12-27)10-18(25(35)32-22)24(34)30-20-11-16(8-9-19(20)26)23(33)31-21(13-28)15-6-4-3-5-7-15/h8-12,15,21H,1,3-7,13,27-28H2,2H3,(H,30,34)(H,31,33)(H,29,32,35)/b17-12-. The Morgan fingerprint density at radius 2 is 2.03 bits per heavy atom. The minimum absolute atomic E-state index is 0.0492. The maximum Gasteiger partial charge on any atom is 0.262 e. The van der Waals surface area contributed by atoms with E-state index in [-0.39, 0.29) is 45.5 Å². The average Bonchev–Trinajstić information content (AvgIpc) is 2.88. The molecule has 0 saturated heterocycles. The first-order valence-corrected chi connectivity index (χ1v) is 12.0.